The quantitative estimate of drug-likeness (QED) is 0.702. The maximum Gasteiger partial charge on any atom is 0.0609 e. The molecule has 0 aromatic heterocycles. The Morgan fingerprint density at radius 1 is 1.19 bits per heavy atom. The van der Waals surface area contributed by atoms with Gasteiger partial charge in [0.2, 0.25) is 0 Å². The van der Waals surface area contributed by atoms with Gasteiger partial charge in [-0.3, -0.25) is 4.90 Å². The highest BCUT2D eigenvalue weighted by atomic mass is 15.2. The first-order valence-electron chi connectivity index (χ1n) is 6.22. The van der Waals surface area contributed by atoms with Gasteiger partial charge in [0.25, 0.3) is 0 Å². The Morgan fingerprint density at radius 3 is 2.31 bits per heavy atom. The molecule has 0 aliphatic rings. The summed E-state index contributed by atoms with van der Waals surface area (Å²) in [6.07, 6.45) is 0. The van der Waals surface area contributed by atoms with Gasteiger partial charge >= 0.3 is 0 Å². The molecule has 0 spiro atoms. The molecule has 0 amide bonds. The molecule has 0 unspecified atom stereocenters. The normalized spacial score (nSPS) is 12.2. The molecule has 0 radical (unpaired) electrons. The molecule has 1 aromatic carbocycles. The molecule has 0 saturated carbocycles. The van der Waals surface area contributed by atoms with Crippen LogP contribution in [0.3, 0.4) is 0 Å². The van der Waals surface area contributed by atoms with Crippen LogP contribution in [0.2, 0.25) is 0 Å². The summed E-state index contributed by atoms with van der Waals surface area (Å²) < 4.78 is 8.06. The second-order valence-corrected chi connectivity index (χ2v) is 4.34. The van der Waals surface area contributed by atoms with E-state index in [4.69, 9.17) is 1.37 Å². The fourth-order valence-corrected chi connectivity index (χ4v) is 1.61. The molecule has 1 heteroatoms. The van der Waals surface area contributed by atoms with E-state index < -0.39 is 6.02 Å². The third kappa shape index (κ3) is 4.08. The van der Waals surface area contributed by atoms with Crippen LogP contribution in [0.15, 0.2) is 30.3 Å². The van der Waals surface area contributed by atoms with Gasteiger partial charge in [-0.25, -0.2) is 0 Å². The van der Waals surface area contributed by atoms with Crippen LogP contribution in [0.1, 0.15) is 34.6 Å². The zero-order valence-electron chi connectivity index (χ0n) is 11.6. The SMILES string of the molecule is [2H]C(C)(C)N(CC#Cc1ccccc1)C(C)C. The zero-order chi connectivity index (χ0) is 12.9. The summed E-state index contributed by atoms with van der Waals surface area (Å²) in [5.74, 6) is 6.27. The molecule has 0 N–H and O–H groups in total. The molecule has 86 valence electrons. The molecule has 0 aliphatic carbocycles. The maximum absolute atomic E-state index is 8.06. The lowest BCUT2D eigenvalue weighted by Gasteiger charge is -2.28. The van der Waals surface area contributed by atoms with Crippen LogP contribution in [0.25, 0.3) is 0 Å². The van der Waals surface area contributed by atoms with Crippen molar-refractivity contribution in [3.8, 4) is 11.8 Å². The zero-order valence-corrected chi connectivity index (χ0v) is 10.6. The van der Waals surface area contributed by atoms with Gasteiger partial charge < -0.3 is 0 Å². The van der Waals surface area contributed by atoms with Crippen molar-refractivity contribution in [1.29, 1.82) is 0 Å². The summed E-state index contributed by atoms with van der Waals surface area (Å²) in [6.45, 7) is 8.62. The number of hydrogen-bond donors (Lipinski definition) is 0. The molecule has 0 bridgehead atoms. The average molecular weight is 216 g/mol. The van der Waals surface area contributed by atoms with Crippen molar-refractivity contribution < 1.29 is 1.37 Å². The van der Waals surface area contributed by atoms with Crippen molar-refractivity contribution in [3.05, 3.63) is 35.9 Å². The molecule has 0 aliphatic heterocycles. The topological polar surface area (TPSA) is 3.24 Å². The highest BCUT2D eigenvalue weighted by Gasteiger charge is 2.10. The number of nitrogens with zero attached hydrogens (tertiary/aromatic N) is 1. The van der Waals surface area contributed by atoms with E-state index in [1.807, 2.05) is 44.2 Å². The number of rotatable bonds is 3. The maximum atomic E-state index is 8.06. The smallest absolute Gasteiger partial charge is 0.0609 e. The van der Waals surface area contributed by atoms with E-state index in [1.54, 1.807) is 0 Å². The Labute approximate surface area is 101 Å². The van der Waals surface area contributed by atoms with Crippen LogP contribution in [-0.4, -0.2) is 23.5 Å². The first kappa shape index (κ1) is 11.2. The van der Waals surface area contributed by atoms with Crippen LogP contribution in [0.4, 0.5) is 0 Å². The molecule has 16 heavy (non-hydrogen) atoms. The summed E-state index contributed by atoms with van der Waals surface area (Å²) in [4.78, 5) is 2.07. The van der Waals surface area contributed by atoms with E-state index in [0.717, 1.165) is 5.56 Å². The van der Waals surface area contributed by atoms with Crippen molar-refractivity contribution in [2.45, 2.75) is 39.8 Å². The molecule has 1 rings (SSSR count). The predicted molar refractivity (Wildman–Crippen MR) is 70.3 cm³/mol. The lowest BCUT2D eigenvalue weighted by Crippen LogP contribution is -2.37. The Balaban J connectivity index is 2.69. The van der Waals surface area contributed by atoms with Gasteiger partial charge in [-0.15, -0.1) is 0 Å². The Bertz CT molecular complexity index is 392. The first-order valence-corrected chi connectivity index (χ1v) is 5.72. The molecule has 0 saturated heterocycles. The van der Waals surface area contributed by atoms with Gasteiger partial charge in [-0.2, -0.15) is 0 Å². The van der Waals surface area contributed by atoms with Crippen LogP contribution in [0, 0.1) is 11.8 Å². The van der Waals surface area contributed by atoms with E-state index in [-0.39, 0.29) is 0 Å². The van der Waals surface area contributed by atoms with Gasteiger partial charge in [-0.05, 0) is 39.8 Å². The van der Waals surface area contributed by atoms with E-state index >= 15 is 0 Å². The predicted octanol–water partition coefficient (Wildman–Crippen LogP) is 3.16. The highest BCUT2D eigenvalue weighted by molar-refractivity contribution is 5.33. The van der Waals surface area contributed by atoms with Gasteiger partial charge in [0.1, 0.15) is 0 Å². The molecule has 0 fully saturated rings. The van der Waals surface area contributed by atoms with E-state index in [9.17, 15) is 0 Å². The standard InChI is InChI=1S/C15H21N/c1-13(2)16(14(3)4)12-8-11-15-9-6-5-7-10-15/h5-7,9-10,13-14H,12H2,1-4H3/i13D. The van der Waals surface area contributed by atoms with E-state index in [1.165, 1.54) is 0 Å². The fraction of sp³-hybridized carbons (Fsp3) is 0.467. The molecule has 1 aromatic rings. The summed E-state index contributed by atoms with van der Waals surface area (Å²) in [7, 11) is 0. The fourth-order valence-electron chi connectivity index (χ4n) is 1.61. The van der Waals surface area contributed by atoms with Crippen molar-refractivity contribution >= 4 is 0 Å². The second kappa shape index (κ2) is 6.35. The Morgan fingerprint density at radius 2 is 1.81 bits per heavy atom. The van der Waals surface area contributed by atoms with Crippen molar-refractivity contribution in [1.82, 2.24) is 4.90 Å². The van der Waals surface area contributed by atoms with Crippen molar-refractivity contribution in [2.75, 3.05) is 6.54 Å². The van der Waals surface area contributed by atoms with Gasteiger partial charge in [0, 0.05) is 19.0 Å². The largest absolute Gasteiger partial charge is 0.287 e. The highest BCUT2D eigenvalue weighted by Crippen LogP contribution is 2.03. The van der Waals surface area contributed by atoms with Crippen molar-refractivity contribution in [3.63, 3.8) is 0 Å². The monoisotopic (exact) mass is 216 g/mol. The Hall–Kier alpha value is -1.26. The minimum atomic E-state index is -0.584. The minimum Gasteiger partial charge on any atom is -0.287 e. The van der Waals surface area contributed by atoms with Gasteiger partial charge in [0.05, 0.1) is 6.54 Å². The van der Waals surface area contributed by atoms with Gasteiger partial charge in [-0.1, -0.05) is 30.0 Å². The van der Waals surface area contributed by atoms with E-state index in [0.29, 0.717) is 12.6 Å². The van der Waals surface area contributed by atoms with Crippen LogP contribution in [-0.2, 0) is 0 Å². The van der Waals surface area contributed by atoms with Crippen molar-refractivity contribution in [2.24, 2.45) is 0 Å². The van der Waals surface area contributed by atoms with E-state index in [2.05, 4.69) is 30.6 Å². The van der Waals surface area contributed by atoms with Gasteiger partial charge in [0.15, 0.2) is 0 Å². The molecule has 0 atom stereocenters. The summed E-state index contributed by atoms with van der Waals surface area (Å²) >= 11 is 0. The summed E-state index contributed by atoms with van der Waals surface area (Å²) in [5.41, 5.74) is 1.03. The van der Waals surface area contributed by atoms with Crippen LogP contribution in [0.5, 0.6) is 0 Å². The second-order valence-electron chi connectivity index (χ2n) is 4.34. The number of benzene rings is 1. The summed E-state index contributed by atoms with van der Waals surface area (Å²) in [5, 5.41) is 0. The molecule has 1 nitrogen and oxygen atoms in total. The summed E-state index contributed by atoms with van der Waals surface area (Å²) in [6, 6.07) is 9.69. The van der Waals surface area contributed by atoms with Crippen LogP contribution < -0.4 is 0 Å². The third-order valence-corrected chi connectivity index (χ3v) is 2.45. The number of hydrogen-bond acceptors (Lipinski definition) is 1. The molecule has 0 heterocycles. The van der Waals surface area contributed by atoms with Crippen LogP contribution >= 0.6 is 0 Å². The average Bonchev–Trinajstić information content (AvgIpc) is 2.23. The first-order chi connectivity index (χ1) is 7.91. The third-order valence-electron chi connectivity index (χ3n) is 2.45. The Kier molecular flexibility index (Phi) is 4.46. The lowest BCUT2D eigenvalue weighted by molar-refractivity contribution is 0.200. The minimum absolute atomic E-state index is 0.326. The lowest BCUT2D eigenvalue weighted by atomic mass is 10.2. The molecular formula is C15H21N. The molecular weight excluding hydrogens is 194 g/mol.